The van der Waals surface area contributed by atoms with Crippen molar-refractivity contribution in [3.63, 3.8) is 0 Å². The molecule has 5 rings (SSSR count). The van der Waals surface area contributed by atoms with E-state index in [0.29, 0.717) is 54.7 Å². The minimum Gasteiger partial charge on any atom is -0.385 e. The zero-order valence-corrected chi connectivity index (χ0v) is 26.5. The zero-order valence-electron chi connectivity index (χ0n) is 25.7. The molecule has 0 spiro atoms. The SMILES string of the molecule is COCCCNc1nc(NCCCOC)c(N=Nc2nn(-c3nc4ccccc4s3)cc2C#N)c(Nc2ccc(C)cc2C)n1. The minimum absolute atomic E-state index is 0.154. The molecular formula is C31H35N11O2S. The molecular weight excluding hydrogens is 590 g/mol. The van der Waals surface area contributed by atoms with Gasteiger partial charge in [0.1, 0.15) is 11.6 Å². The van der Waals surface area contributed by atoms with Crippen LogP contribution in [0.3, 0.4) is 0 Å². The molecule has 0 unspecified atom stereocenters. The predicted octanol–water partition coefficient (Wildman–Crippen LogP) is 6.82. The lowest BCUT2D eigenvalue weighted by atomic mass is 10.1. The number of aromatic nitrogens is 5. The molecule has 14 heteroatoms. The number of hydrogen-bond donors (Lipinski definition) is 3. The molecule has 5 aromatic rings. The molecule has 0 radical (unpaired) electrons. The normalized spacial score (nSPS) is 11.3. The summed E-state index contributed by atoms with van der Waals surface area (Å²) in [5, 5.41) is 34.2. The van der Waals surface area contributed by atoms with Crippen molar-refractivity contribution in [2.75, 3.05) is 56.5 Å². The lowest BCUT2D eigenvalue weighted by Gasteiger charge is -2.16. The summed E-state index contributed by atoms with van der Waals surface area (Å²) in [7, 11) is 3.34. The van der Waals surface area contributed by atoms with Crippen LogP contribution >= 0.6 is 11.3 Å². The van der Waals surface area contributed by atoms with Gasteiger partial charge in [0.25, 0.3) is 0 Å². The Morgan fingerprint density at radius 2 is 1.69 bits per heavy atom. The molecule has 0 aliphatic heterocycles. The average Bonchev–Trinajstić information content (AvgIpc) is 3.66. The summed E-state index contributed by atoms with van der Waals surface area (Å²) in [6, 6.07) is 16.1. The van der Waals surface area contributed by atoms with Gasteiger partial charge in [0.05, 0.1) is 16.4 Å². The quantitative estimate of drug-likeness (QED) is 0.0832. The van der Waals surface area contributed by atoms with E-state index in [1.807, 2.05) is 50.2 Å². The number of rotatable bonds is 15. The van der Waals surface area contributed by atoms with Gasteiger partial charge in [-0.15, -0.1) is 15.3 Å². The van der Waals surface area contributed by atoms with Crippen molar-refractivity contribution in [2.24, 2.45) is 10.2 Å². The molecule has 2 aromatic carbocycles. The highest BCUT2D eigenvalue weighted by Gasteiger charge is 2.18. The smallest absolute Gasteiger partial charge is 0.226 e. The summed E-state index contributed by atoms with van der Waals surface area (Å²) in [6.45, 7) is 6.47. The van der Waals surface area contributed by atoms with Crippen molar-refractivity contribution >= 4 is 56.3 Å². The predicted molar refractivity (Wildman–Crippen MR) is 177 cm³/mol. The van der Waals surface area contributed by atoms with Crippen LogP contribution in [0.25, 0.3) is 15.3 Å². The first-order chi connectivity index (χ1) is 22.0. The first kappa shape index (κ1) is 31.5. The Morgan fingerprint density at radius 1 is 0.933 bits per heavy atom. The van der Waals surface area contributed by atoms with E-state index in [0.717, 1.165) is 39.9 Å². The van der Waals surface area contributed by atoms with Gasteiger partial charge in [-0.05, 0) is 50.5 Å². The Kier molecular flexibility index (Phi) is 10.6. The van der Waals surface area contributed by atoms with E-state index in [2.05, 4.69) is 48.4 Å². The molecule has 3 heterocycles. The summed E-state index contributed by atoms with van der Waals surface area (Å²) < 4.78 is 13.0. The minimum atomic E-state index is 0.154. The molecule has 0 bridgehead atoms. The Balaban J connectivity index is 1.54. The summed E-state index contributed by atoms with van der Waals surface area (Å²) in [4.78, 5) is 14.2. The molecule has 0 saturated heterocycles. The number of para-hydroxylation sites is 1. The van der Waals surface area contributed by atoms with E-state index < -0.39 is 0 Å². The fraction of sp³-hybridized carbons (Fsp3) is 0.323. The molecule has 232 valence electrons. The van der Waals surface area contributed by atoms with Gasteiger partial charge >= 0.3 is 0 Å². The second-order valence-corrected chi connectivity index (χ2v) is 11.2. The van der Waals surface area contributed by atoms with Crippen LogP contribution in [0.1, 0.15) is 29.5 Å². The molecule has 0 aliphatic rings. The number of nitriles is 1. The first-order valence-corrected chi connectivity index (χ1v) is 15.3. The van der Waals surface area contributed by atoms with Crippen molar-refractivity contribution in [1.29, 1.82) is 5.26 Å². The van der Waals surface area contributed by atoms with Crippen molar-refractivity contribution < 1.29 is 9.47 Å². The molecule has 13 nitrogen and oxygen atoms in total. The maximum Gasteiger partial charge on any atom is 0.226 e. The number of azo groups is 1. The molecule has 0 amide bonds. The molecule has 3 N–H and O–H groups in total. The van der Waals surface area contributed by atoms with Gasteiger partial charge in [0.2, 0.25) is 16.9 Å². The van der Waals surface area contributed by atoms with E-state index in [1.165, 1.54) is 11.3 Å². The molecule has 0 aliphatic carbocycles. The van der Waals surface area contributed by atoms with E-state index in [9.17, 15) is 5.26 Å². The number of fused-ring (bicyclic) bond motifs is 1. The topological polar surface area (TPSA) is 160 Å². The number of methoxy groups -OCH3 is 2. The first-order valence-electron chi connectivity index (χ1n) is 14.5. The number of anilines is 4. The van der Waals surface area contributed by atoms with E-state index in [-0.39, 0.29) is 11.4 Å². The number of nitrogens with zero attached hydrogens (tertiary/aromatic N) is 8. The number of hydrogen-bond acceptors (Lipinski definition) is 13. The third-order valence-electron chi connectivity index (χ3n) is 6.68. The van der Waals surface area contributed by atoms with Crippen molar-refractivity contribution in [3.05, 3.63) is 65.4 Å². The van der Waals surface area contributed by atoms with E-state index in [1.54, 1.807) is 25.1 Å². The van der Waals surface area contributed by atoms with Crippen molar-refractivity contribution in [3.8, 4) is 11.2 Å². The second-order valence-electron chi connectivity index (χ2n) is 10.2. The number of thiazole rings is 1. The van der Waals surface area contributed by atoms with Crippen LogP contribution in [-0.4, -0.2) is 65.3 Å². The van der Waals surface area contributed by atoms with Crippen LogP contribution in [0.4, 0.5) is 34.8 Å². The molecule has 0 saturated carbocycles. The maximum absolute atomic E-state index is 9.90. The number of nitrogens with one attached hydrogen (secondary N) is 3. The number of aryl methyl sites for hydroxylation is 2. The third kappa shape index (κ3) is 7.95. The van der Waals surface area contributed by atoms with E-state index >= 15 is 0 Å². The summed E-state index contributed by atoms with van der Waals surface area (Å²) in [5.41, 5.74) is 4.54. The Bertz CT molecular complexity index is 1790. The van der Waals surface area contributed by atoms with Crippen LogP contribution in [0.2, 0.25) is 0 Å². The van der Waals surface area contributed by atoms with Crippen LogP contribution in [0.15, 0.2) is 58.9 Å². The Hall–Kier alpha value is -4.97. The monoisotopic (exact) mass is 625 g/mol. The van der Waals surface area contributed by atoms with Gasteiger partial charge in [-0.2, -0.15) is 15.2 Å². The Morgan fingerprint density at radius 3 is 2.42 bits per heavy atom. The second kappa shape index (κ2) is 15.2. The van der Waals surface area contributed by atoms with Crippen LogP contribution in [-0.2, 0) is 9.47 Å². The fourth-order valence-electron chi connectivity index (χ4n) is 4.43. The Labute approximate surface area is 265 Å². The summed E-state index contributed by atoms with van der Waals surface area (Å²) in [6.07, 6.45) is 3.14. The number of benzene rings is 2. The van der Waals surface area contributed by atoms with Crippen LogP contribution in [0, 0.1) is 25.2 Å². The van der Waals surface area contributed by atoms with Gasteiger partial charge in [-0.3, -0.25) is 0 Å². The highest BCUT2D eigenvalue weighted by Crippen LogP contribution is 2.37. The van der Waals surface area contributed by atoms with Crippen LogP contribution < -0.4 is 16.0 Å². The van der Waals surface area contributed by atoms with Crippen molar-refractivity contribution in [1.82, 2.24) is 24.7 Å². The standard InChI is InChI=1S/C31H35N11O2S/c1-20-11-12-23(21(2)17-20)35-29-26(28(33-13-7-15-43-3)37-30(38-29)34-14-8-16-44-4)39-40-27-22(18-32)19-42(41-27)31-36-24-9-5-6-10-25(24)45-31/h5-6,9-12,17,19H,7-8,13-16H2,1-4H3,(H3,33,34,35,37,38). The van der Waals surface area contributed by atoms with Gasteiger partial charge in [0.15, 0.2) is 17.3 Å². The van der Waals surface area contributed by atoms with Crippen molar-refractivity contribution in [2.45, 2.75) is 26.7 Å². The maximum atomic E-state index is 9.90. The fourth-order valence-corrected chi connectivity index (χ4v) is 5.32. The van der Waals surface area contributed by atoms with Crippen LogP contribution in [0.5, 0.6) is 0 Å². The lowest BCUT2D eigenvalue weighted by Crippen LogP contribution is -2.12. The molecule has 3 aromatic heterocycles. The number of ether oxygens (including phenoxy) is 2. The zero-order chi connectivity index (χ0) is 31.6. The summed E-state index contributed by atoms with van der Waals surface area (Å²) >= 11 is 1.47. The largest absolute Gasteiger partial charge is 0.385 e. The molecule has 0 atom stereocenters. The van der Waals surface area contributed by atoms with Gasteiger partial charge in [-0.25, -0.2) is 9.67 Å². The van der Waals surface area contributed by atoms with Gasteiger partial charge in [0, 0.05) is 46.2 Å². The summed E-state index contributed by atoms with van der Waals surface area (Å²) in [5.74, 6) is 1.48. The lowest BCUT2D eigenvalue weighted by molar-refractivity contribution is 0.197. The third-order valence-corrected chi connectivity index (χ3v) is 7.71. The highest BCUT2D eigenvalue weighted by atomic mass is 32.1. The average molecular weight is 626 g/mol. The van der Waals surface area contributed by atoms with E-state index in [4.69, 9.17) is 19.4 Å². The van der Waals surface area contributed by atoms with Gasteiger partial charge < -0.3 is 25.4 Å². The molecule has 45 heavy (non-hydrogen) atoms. The highest BCUT2D eigenvalue weighted by molar-refractivity contribution is 7.20. The van der Waals surface area contributed by atoms with Gasteiger partial charge in [-0.1, -0.05) is 41.2 Å². The molecule has 0 fully saturated rings.